The molecule has 0 radical (unpaired) electrons. The topological polar surface area (TPSA) is 17.1 Å². The Morgan fingerprint density at radius 3 is 2.73 bits per heavy atom. The van der Waals surface area contributed by atoms with Crippen molar-refractivity contribution in [3.05, 3.63) is 23.8 Å². The summed E-state index contributed by atoms with van der Waals surface area (Å²) in [5.41, 5.74) is 1.74. The van der Waals surface area contributed by atoms with Crippen LogP contribution in [-0.2, 0) is 4.79 Å². The van der Waals surface area contributed by atoms with E-state index in [1.807, 2.05) is 13.0 Å². The molecule has 0 N–H and O–H groups in total. The molecule has 0 saturated heterocycles. The molecule has 0 aromatic rings. The second-order valence-corrected chi connectivity index (χ2v) is 4.98. The Morgan fingerprint density at radius 1 is 1.60 bits per heavy atom. The number of hydrogen-bond donors (Lipinski definition) is 0. The SMILES string of the molecule is CCC(=O)C/C=C/[C@@H]1CC=C(C)C1(C)C. The fraction of sp³-hybridized carbons (Fsp3) is 0.643. The first-order valence-corrected chi connectivity index (χ1v) is 5.84. The zero-order valence-electron chi connectivity index (χ0n) is 10.3. The van der Waals surface area contributed by atoms with E-state index in [0.29, 0.717) is 24.5 Å². The van der Waals surface area contributed by atoms with Crippen LogP contribution in [0.25, 0.3) is 0 Å². The van der Waals surface area contributed by atoms with Crippen LogP contribution in [0.1, 0.15) is 47.0 Å². The predicted molar refractivity (Wildman–Crippen MR) is 64.7 cm³/mol. The third kappa shape index (κ3) is 2.80. The smallest absolute Gasteiger partial charge is 0.136 e. The second kappa shape index (κ2) is 4.78. The summed E-state index contributed by atoms with van der Waals surface area (Å²) in [6, 6.07) is 0. The fourth-order valence-corrected chi connectivity index (χ4v) is 1.98. The van der Waals surface area contributed by atoms with Crippen molar-refractivity contribution in [1.29, 1.82) is 0 Å². The summed E-state index contributed by atoms with van der Waals surface area (Å²) in [5, 5.41) is 0. The molecule has 0 fully saturated rings. The molecule has 1 rings (SSSR count). The summed E-state index contributed by atoms with van der Waals surface area (Å²) in [5.74, 6) is 0.897. The average Bonchev–Trinajstić information content (AvgIpc) is 2.44. The first-order chi connectivity index (χ1) is 6.98. The molecular weight excluding hydrogens is 184 g/mol. The van der Waals surface area contributed by atoms with Crippen LogP contribution in [0.5, 0.6) is 0 Å². The van der Waals surface area contributed by atoms with Gasteiger partial charge in [0.15, 0.2) is 0 Å². The highest BCUT2D eigenvalue weighted by atomic mass is 16.1. The van der Waals surface area contributed by atoms with Gasteiger partial charge >= 0.3 is 0 Å². The summed E-state index contributed by atoms with van der Waals surface area (Å²) in [6.07, 6.45) is 8.95. The maximum absolute atomic E-state index is 11.1. The van der Waals surface area contributed by atoms with E-state index >= 15 is 0 Å². The van der Waals surface area contributed by atoms with Crippen LogP contribution in [-0.4, -0.2) is 5.78 Å². The minimum absolute atomic E-state index is 0.270. The molecule has 84 valence electrons. The van der Waals surface area contributed by atoms with Gasteiger partial charge in [-0.15, -0.1) is 0 Å². The molecule has 0 aromatic heterocycles. The normalized spacial score (nSPS) is 24.5. The quantitative estimate of drug-likeness (QED) is 0.637. The molecule has 0 aliphatic heterocycles. The van der Waals surface area contributed by atoms with Gasteiger partial charge in [0, 0.05) is 12.8 Å². The Hall–Kier alpha value is -0.850. The summed E-state index contributed by atoms with van der Waals surface area (Å²) in [4.78, 5) is 11.1. The Bertz CT molecular complexity index is 294. The molecule has 0 heterocycles. The van der Waals surface area contributed by atoms with E-state index in [-0.39, 0.29) is 5.41 Å². The minimum Gasteiger partial charge on any atom is -0.299 e. The highest BCUT2D eigenvalue weighted by molar-refractivity contribution is 5.79. The van der Waals surface area contributed by atoms with Crippen molar-refractivity contribution in [2.75, 3.05) is 0 Å². The van der Waals surface area contributed by atoms with Crippen molar-refractivity contribution in [2.45, 2.75) is 47.0 Å². The van der Waals surface area contributed by atoms with Crippen LogP contribution >= 0.6 is 0 Å². The van der Waals surface area contributed by atoms with E-state index in [1.165, 1.54) is 5.57 Å². The lowest BCUT2D eigenvalue weighted by atomic mass is 9.77. The van der Waals surface area contributed by atoms with Crippen molar-refractivity contribution >= 4 is 5.78 Å². The molecule has 1 aliphatic carbocycles. The third-order valence-corrected chi connectivity index (χ3v) is 3.73. The molecule has 1 aliphatic rings. The summed E-state index contributed by atoms with van der Waals surface area (Å²) in [6.45, 7) is 8.68. The largest absolute Gasteiger partial charge is 0.299 e. The van der Waals surface area contributed by atoms with Gasteiger partial charge in [-0.1, -0.05) is 44.6 Å². The lowest BCUT2D eigenvalue weighted by Gasteiger charge is -2.27. The zero-order chi connectivity index (χ0) is 11.5. The lowest BCUT2D eigenvalue weighted by molar-refractivity contribution is -0.117. The molecule has 0 spiro atoms. The number of carbonyl (C=O) groups excluding carboxylic acids is 1. The molecule has 1 atom stereocenters. The number of hydrogen-bond acceptors (Lipinski definition) is 1. The average molecular weight is 206 g/mol. The van der Waals surface area contributed by atoms with Gasteiger partial charge in [0.25, 0.3) is 0 Å². The summed E-state index contributed by atoms with van der Waals surface area (Å²) < 4.78 is 0. The number of allylic oxidation sites excluding steroid dienone is 4. The van der Waals surface area contributed by atoms with E-state index in [0.717, 1.165) is 6.42 Å². The highest BCUT2D eigenvalue weighted by Gasteiger charge is 2.32. The maximum Gasteiger partial charge on any atom is 0.136 e. The fourth-order valence-electron chi connectivity index (χ4n) is 1.98. The predicted octanol–water partition coefficient (Wildman–Crippen LogP) is 3.90. The number of carbonyl (C=O) groups is 1. The van der Waals surface area contributed by atoms with E-state index < -0.39 is 0 Å². The molecule has 0 amide bonds. The van der Waals surface area contributed by atoms with Gasteiger partial charge in [-0.05, 0) is 24.7 Å². The van der Waals surface area contributed by atoms with Crippen LogP contribution in [0.2, 0.25) is 0 Å². The molecule has 0 bridgehead atoms. The van der Waals surface area contributed by atoms with Gasteiger partial charge < -0.3 is 0 Å². The first kappa shape index (κ1) is 12.2. The second-order valence-electron chi connectivity index (χ2n) is 4.98. The number of ketones is 1. The minimum atomic E-state index is 0.270. The number of Topliss-reactive ketones (excluding diaryl/α,β-unsaturated/α-hetero) is 1. The van der Waals surface area contributed by atoms with Crippen molar-refractivity contribution in [3.63, 3.8) is 0 Å². The molecule has 0 unspecified atom stereocenters. The van der Waals surface area contributed by atoms with E-state index in [9.17, 15) is 4.79 Å². The van der Waals surface area contributed by atoms with Crippen LogP contribution < -0.4 is 0 Å². The Kier molecular flexibility index (Phi) is 3.90. The van der Waals surface area contributed by atoms with E-state index in [2.05, 4.69) is 32.9 Å². The van der Waals surface area contributed by atoms with Crippen LogP contribution in [0.15, 0.2) is 23.8 Å². The molecule has 1 heteroatoms. The van der Waals surface area contributed by atoms with Crippen LogP contribution in [0.3, 0.4) is 0 Å². The Labute approximate surface area is 93.3 Å². The van der Waals surface area contributed by atoms with Gasteiger partial charge in [-0.3, -0.25) is 4.79 Å². The molecule has 0 saturated carbocycles. The summed E-state index contributed by atoms with van der Waals surface area (Å²) in [7, 11) is 0. The van der Waals surface area contributed by atoms with Gasteiger partial charge in [0.1, 0.15) is 5.78 Å². The van der Waals surface area contributed by atoms with Crippen molar-refractivity contribution in [2.24, 2.45) is 11.3 Å². The van der Waals surface area contributed by atoms with Crippen molar-refractivity contribution in [1.82, 2.24) is 0 Å². The molecule has 15 heavy (non-hydrogen) atoms. The maximum atomic E-state index is 11.1. The van der Waals surface area contributed by atoms with Crippen molar-refractivity contribution in [3.8, 4) is 0 Å². The standard InChI is InChI=1S/C14H22O/c1-5-13(15)8-6-7-12-10-9-11(2)14(12,3)4/h6-7,9,12H,5,8,10H2,1-4H3/b7-6+/t12-/m1/s1. The van der Waals surface area contributed by atoms with Gasteiger partial charge in [-0.2, -0.15) is 0 Å². The van der Waals surface area contributed by atoms with Gasteiger partial charge in [0.05, 0.1) is 0 Å². The van der Waals surface area contributed by atoms with Crippen LogP contribution in [0, 0.1) is 11.3 Å². The summed E-state index contributed by atoms with van der Waals surface area (Å²) >= 11 is 0. The van der Waals surface area contributed by atoms with Gasteiger partial charge in [0.2, 0.25) is 0 Å². The van der Waals surface area contributed by atoms with E-state index in [1.54, 1.807) is 0 Å². The first-order valence-electron chi connectivity index (χ1n) is 5.84. The van der Waals surface area contributed by atoms with Gasteiger partial charge in [-0.25, -0.2) is 0 Å². The third-order valence-electron chi connectivity index (χ3n) is 3.73. The Morgan fingerprint density at radius 2 is 2.27 bits per heavy atom. The Balaban J connectivity index is 2.51. The van der Waals surface area contributed by atoms with Crippen molar-refractivity contribution < 1.29 is 4.79 Å². The zero-order valence-corrected chi connectivity index (χ0v) is 10.3. The van der Waals surface area contributed by atoms with Crippen LogP contribution in [0.4, 0.5) is 0 Å². The van der Waals surface area contributed by atoms with E-state index in [4.69, 9.17) is 0 Å². The monoisotopic (exact) mass is 206 g/mol. The molecular formula is C14H22O. The molecule has 1 nitrogen and oxygen atoms in total. The highest BCUT2D eigenvalue weighted by Crippen LogP contribution is 2.43. The molecule has 0 aromatic carbocycles. The number of rotatable bonds is 4. The lowest BCUT2D eigenvalue weighted by Crippen LogP contribution is -2.18.